The number of rotatable bonds is 4. The first-order valence-corrected chi connectivity index (χ1v) is 6.16. The minimum absolute atomic E-state index is 0.254. The van der Waals surface area contributed by atoms with Gasteiger partial charge < -0.3 is 9.30 Å². The number of hydrogen-bond donors (Lipinski definition) is 0. The summed E-state index contributed by atoms with van der Waals surface area (Å²) in [7, 11) is 0. The van der Waals surface area contributed by atoms with E-state index in [1.54, 1.807) is 35.9 Å². The van der Waals surface area contributed by atoms with Crippen LogP contribution < -0.4 is 0 Å². The van der Waals surface area contributed by atoms with Crippen LogP contribution in [0.3, 0.4) is 0 Å². The molecule has 0 bridgehead atoms. The minimum atomic E-state index is -0.469. The van der Waals surface area contributed by atoms with Crippen molar-refractivity contribution >= 4 is 5.97 Å². The Hall–Kier alpha value is -2.61. The molecule has 0 saturated carbocycles. The standard InChI is InChI=1S/C15H13FN2O2/c1-2-20-15(19)14-4-3-5-18(14)10-12-6-11(9-17)7-13(16)8-12/h3-8H,2,10H2,1H3. The molecule has 102 valence electrons. The number of hydrogen-bond acceptors (Lipinski definition) is 3. The Morgan fingerprint density at radius 3 is 2.95 bits per heavy atom. The van der Waals surface area contributed by atoms with E-state index in [4.69, 9.17) is 10.00 Å². The Labute approximate surface area is 116 Å². The van der Waals surface area contributed by atoms with Gasteiger partial charge in [-0.15, -0.1) is 0 Å². The molecule has 4 nitrogen and oxygen atoms in total. The molecule has 0 atom stereocenters. The third-order valence-electron chi connectivity index (χ3n) is 2.75. The second-order valence-corrected chi connectivity index (χ2v) is 4.20. The van der Waals surface area contributed by atoms with Gasteiger partial charge in [0, 0.05) is 12.7 Å². The normalized spacial score (nSPS) is 10.1. The van der Waals surface area contributed by atoms with Crippen molar-refractivity contribution < 1.29 is 13.9 Å². The first kappa shape index (κ1) is 13.8. The van der Waals surface area contributed by atoms with Crippen molar-refractivity contribution in [3.05, 3.63) is 59.2 Å². The van der Waals surface area contributed by atoms with Crippen LogP contribution in [-0.2, 0) is 11.3 Å². The molecule has 1 aromatic heterocycles. The van der Waals surface area contributed by atoms with Crippen molar-refractivity contribution in [2.45, 2.75) is 13.5 Å². The van der Waals surface area contributed by atoms with Crippen LogP contribution >= 0.6 is 0 Å². The van der Waals surface area contributed by atoms with E-state index in [2.05, 4.69) is 0 Å². The largest absolute Gasteiger partial charge is 0.461 e. The van der Waals surface area contributed by atoms with Gasteiger partial charge in [-0.1, -0.05) is 0 Å². The van der Waals surface area contributed by atoms with Gasteiger partial charge in [0.1, 0.15) is 11.5 Å². The quantitative estimate of drug-likeness (QED) is 0.804. The molecule has 0 aliphatic rings. The maximum Gasteiger partial charge on any atom is 0.354 e. The fraction of sp³-hybridized carbons (Fsp3) is 0.200. The zero-order valence-corrected chi connectivity index (χ0v) is 11.0. The summed E-state index contributed by atoms with van der Waals surface area (Å²) in [5.41, 5.74) is 1.27. The average Bonchev–Trinajstić information content (AvgIpc) is 2.86. The molecule has 0 aliphatic carbocycles. The molecule has 5 heteroatoms. The summed E-state index contributed by atoms with van der Waals surface area (Å²) in [5, 5.41) is 8.83. The van der Waals surface area contributed by atoms with E-state index >= 15 is 0 Å². The van der Waals surface area contributed by atoms with Gasteiger partial charge in [0.2, 0.25) is 0 Å². The van der Waals surface area contributed by atoms with Crippen LogP contribution in [0.25, 0.3) is 0 Å². The topological polar surface area (TPSA) is 55.0 Å². The Morgan fingerprint density at radius 1 is 1.45 bits per heavy atom. The Balaban J connectivity index is 2.27. The SMILES string of the molecule is CCOC(=O)c1cccn1Cc1cc(F)cc(C#N)c1. The molecule has 1 heterocycles. The lowest BCUT2D eigenvalue weighted by Gasteiger charge is -2.09. The van der Waals surface area contributed by atoms with E-state index in [1.807, 2.05) is 6.07 Å². The molecule has 0 fully saturated rings. The van der Waals surface area contributed by atoms with Crippen LogP contribution in [-0.4, -0.2) is 17.1 Å². The van der Waals surface area contributed by atoms with Crippen LogP contribution in [0.4, 0.5) is 4.39 Å². The highest BCUT2D eigenvalue weighted by Gasteiger charge is 2.12. The lowest BCUT2D eigenvalue weighted by Crippen LogP contribution is -2.12. The van der Waals surface area contributed by atoms with Gasteiger partial charge in [-0.25, -0.2) is 9.18 Å². The summed E-state index contributed by atoms with van der Waals surface area (Å²) < 4.78 is 20.0. The van der Waals surface area contributed by atoms with Crippen molar-refractivity contribution in [2.75, 3.05) is 6.61 Å². The summed E-state index contributed by atoms with van der Waals surface area (Å²) in [6.45, 7) is 2.33. The third-order valence-corrected chi connectivity index (χ3v) is 2.75. The number of nitrogens with zero attached hydrogens (tertiary/aromatic N) is 2. The summed E-state index contributed by atoms with van der Waals surface area (Å²) in [6, 6.07) is 9.38. The molecule has 0 unspecified atom stereocenters. The van der Waals surface area contributed by atoms with Gasteiger partial charge in [0.15, 0.2) is 0 Å². The first-order chi connectivity index (χ1) is 9.63. The highest BCUT2D eigenvalue weighted by atomic mass is 19.1. The van der Waals surface area contributed by atoms with E-state index in [0.29, 0.717) is 24.4 Å². The van der Waals surface area contributed by atoms with Gasteiger partial charge in [0.05, 0.1) is 18.2 Å². The molecular weight excluding hydrogens is 259 g/mol. The van der Waals surface area contributed by atoms with Crippen molar-refractivity contribution in [3.8, 4) is 6.07 Å². The number of carbonyl (C=O) groups excluding carboxylic acids is 1. The van der Waals surface area contributed by atoms with Gasteiger partial charge in [-0.3, -0.25) is 0 Å². The highest BCUT2D eigenvalue weighted by Crippen LogP contribution is 2.13. The third kappa shape index (κ3) is 3.04. The van der Waals surface area contributed by atoms with Gasteiger partial charge in [-0.2, -0.15) is 5.26 Å². The van der Waals surface area contributed by atoms with Gasteiger partial charge >= 0.3 is 5.97 Å². The summed E-state index contributed by atoms with van der Waals surface area (Å²) in [5.74, 6) is -0.890. The van der Waals surface area contributed by atoms with E-state index in [1.165, 1.54) is 12.1 Å². The van der Waals surface area contributed by atoms with E-state index in [9.17, 15) is 9.18 Å². The van der Waals surface area contributed by atoms with Gasteiger partial charge in [0.25, 0.3) is 0 Å². The highest BCUT2D eigenvalue weighted by molar-refractivity contribution is 5.87. The predicted molar refractivity (Wildman–Crippen MR) is 70.6 cm³/mol. The number of esters is 1. The Bertz CT molecular complexity index is 671. The summed E-state index contributed by atoms with van der Waals surface area (Å²) >= 11 is 0. The molecule has 0 N–H and O–H groups in total. The van der Waals surface area contributed by atoms with E-state index in [0.717, 1.165) is 0 Å². The Kier molecular flexibility index (Phi) is 4.16. The molecule has 0 radical (unpaired) electrons. The lowest BCUT2D eigenvalue weighted by atomic mass is 10.1. The molecule has 2 aromatic rings. The second-order valence-electron chi connectivity index (χ2n) is 4.20. The molecular formula is C15H13FN2O2. The number of nitriles is 1. The molecule has 0 amide bonds. The van der Waals surface area contributed by atoms with Crippen LogP contribution in [0, 0.1) is 17.1 Å². The zero-order chi connectivity index (χ0) is 14.5. The summed E-state index contributed by atoms with van der Waals surface area (Å²) in [6.07, 6.45) is 1.71. The van der Waals surface area contributed by atoms with Crippen LogP contribution in [0.15, 0.2) is 36.5 Å². The predicted octanol–water partition coefficient (Wildman–Crippen LogP) is 2.72. The first-order valence-electron chi connectivity index (χ1n) is 6.16. The molecule has 0 aliphatic heterocycles. The molecule has 1 aromatic carbocycles. The fourth-order valence-corrected chi connectivity index (χ4v) is 1.95. The number of benzene rings is 1. The number of halogens is 1. The monoisotopic (exact) mass is 272 g/mol. The number of carbonyl (C=O) groups is 1. The van der Waals surface area contributed by atoms with Crippen LogP contribution in [0.1, 0.15) is 28.5 Å². The van der Waals surface area contributed by atoms with E-state index in [-0.39, 0.29) is 5.56 Å². The fourth-order valence-electron chi connectivity index (χ4n) is 1.95. The summed E-state index contributed by atoms with van der Waals surface area (Å²) in [4.78, 5) is 11.7. The lowest BCUT2D eigenvalue weighted by molar-refractivity contribution is 0.0514. The van der Waals surface area contributed by atoms with Crippen molar-refractivity contribution in [1.82, 2.24) is 4.57 Å². The number of ether oxygens (including phenoxy) is 1. The molecule has 20 heavy (non-hydrogen) atoms. The average molecular weight is 272 g/mol. The van der Waals surface area contributed by atoms with Crippen LogP contribution in [0.5, 0.6) is 0 Å². The molecule has 2 rings (SSSR count). The van der Waals surface area contributed by atoms with E-state index < -0.39 is 11.8 Å². The second kappa shape index (κ2) is 6.02. The van der Waals surface area contributed by atoms with Crippen LogP contribution in [0.2, 0.25) is 0 Å². The minimum Gasteiger partial charge on any atom is -0.461 e. The molecule has 0 saturated heterocycles. The van der Waals surface area contributed by atoms with Crippen molar-refractivity contribution in [3.63, 3.8) is 0 Å². The smallest absolute Gasteiger partial charge is 0.354 e. The van der Waals surface area contributed by atoms with Crippen molar-refractivity contribution in [1.29, 1.82) is 5.26 Å². The Morgan fingerprint density at radius 2 is 2.25 bits per heavy atom. The zero-order valence-electron chi connectivity index (χ0n) is 11.0. The molecule has 0 spiro atoms. The maximum absolute atomic E-state index is 13.4. The maximum atomic E-state index is 13.4. The number of aromatic nitrogens is 1. The van der Waals surface area contributed by atoms with Gasteiger partial charge in [-0.05, 0) is 42.8 Å². The van der Waals surface area contributed by atoms with Crippen molar-refractivity contribution in [2.24, 2.45) is 0 Å².